The first-order chi connectivity index (χ1) is 12.8. The van der Waals surface area contributed by atoms with E-state index in [2.05, 4.69) is 15.6 Å². The van der Waals surface area contributed by atoms with Crippen molar-refractivity contribution in [2.75, 3.05) is 5.32 Å². The zero-order valence-electron chi connectivity index (χ0n) is 15.5. The summed E-state index contributed by atoms with van der Waals surface area (Å²) < 4.78 is 13.8. The topological polar surface area (TPSA) is 74.0 Å². The fraction of sp³-hybridized carbons (Fsp3) is 0.238. The number of rotatable bonds is 5. The van der Waals surface area contributed by atoms with E-state index < -0.39 is 0 Å². The number of amides is 2. The highest BCUT2D eigenvalue weighted by Gasteiger charge is 2.19. The number of carbonyl (C=O) groups is 2. The number of nitrogens with one attached hydrogen (secondary N) is 3. The van der Waals surface area contributed by atoms with Crippen LogP contribution >= 0.6 is 0 Å². The minimum atomic E-state index is -0.381. The zero-order chi connectivity index (χ0) is 19.6. The van der Waals surface area contributed by atoms with Gasteiger partial charge >= 0.3 is 0 Å². The molecule has 3 rings (SSSR count). The highest BCUT2D eigenvalue weighted by Crippen LogP contribution is 2.20. The van der Waals surface area contributed by atoms with Crippen LogP contribution in [0.5, 0.6) is 0 Å². The molecule has 0 aliphatic heterocycles. The predicted octanol–water partition coefficient (Wildman–Crippen LogP) is 4.48. The molecule has 0 saturated carbocycles. The number of aromatic amines is 1. The summed E-state index contributed by atoms with van der Waals surface area (Å²) in [5.41, 5.74) is 1.61. The van der Waals surface area contributed by atoms with E-state index in [1.54, 1.807) is 36.4 Å². The predicted molar refractivity (Wildman–Crippen MR) is 104 cm³/mol. The molecule has 1 heterocycles. The summed E-state index contributed by atoms with van der Waals surface area (Å²) in [5, 5.41) is 6.07. The number of fused-ring (bicyclic) bond motifs is 1. The Morgan fingerprint density at radius 1 is 1.07 bits per heavy atom. The fourth-order valence-electron chi connectivity index (χ4n) is 2.61. The first-order valence-corrected chi connectivity index (χ1v) is 8.80. The molecule has 6 heteroatoms. The van der Waals surface area contributed by atoms with Crippen molar-refractivity contribution < 1.29 is 14.0 Å². The third-order valence-electron chi connectivity index (χ3n) is 4.60. The van der Waals surface area contributed by atoms with Gasteiger partial charge in [-0.3, -0.25) is 9.59 Å². The molecule has 0 unspecified atom stereocenters. The maximum absolute atomic E-state index is 13.8. The average molecular weight is 367 g/mol. The lowest BCUT2D eigenvalue weighted by molar-refractivity contribution is 0.0911. The molecule has 2 aromatic carbocycles. The normalized spacial score (nSPS) is 11.4. The molecule has 0 saturated heterocycles. The van der Waals surface area contributed by atoms with E-state index in [1.165, 1.54) is 12.1 Å². The molecule has 0 atom stereocenters. The van der Waals surface area contributed by atoms with Crippen molar-refractivity contribution in [3.8, 4) is 0 Å². The van der Waals surface area contributed by atoms with E-state index in [0.717, 1.165) is 6.42 Å². The molecule has 0 radical (unpaired) electrons. The van der Waals surface area contributed by atoms with E-state index in [1.807, 2.05) is 20.8 Å². The summed E-state index contributed by atoms with van der Waals surface area (Å²) >= 11 is 0. The Hall–Kier alpha value is -3.15. The molecule has 3 aromatic rings. The molecular formula is C21H22FN3O2. The molecule has 0 aliphatic rings. The maximum atomic E-state index is 13.8. The first kappa shape index (κ1) is 18.6. The second-order valence-electron chi connectivity index (χ2n) is 7.11. The minimum Gasteiger partial charge on any atom is -0.350 e. The number of halogens is 1. The monoisotopic (exact) mass is 367 g/mol. The highest BCUT2D eigenvalue weighted by molar-refractivity contribution is 6.06. The number of carbonyl (C=O) groups excluding carboxylic acids is 2. The molecule has 2 amide bonds. The van der Waals surface area contributed by atoms with Crippen LogP contribution in [0.3, 0.4) is 0 Å². The van der Waals surface area contributed by atoms with Gasteiger partial charge in [0.25, 0.3) is 11.8 Å². The second kappa shape index (κ2) is 7.23. The van der Waals surface area contributed by atoms with Gasteiger partial charge in [-0.1, -0.05) is 13.0 Å². The van der Waals surface area contributed by atoms with Crippen LogP contribution in [0.4, 0.5) is 10.1 Å². The van der Waals surface area contributed by atoms with Gasteiger partial charge in [-0.05, 0) is 62.7 Å². The number of aromatic nitrogens is 1. The van der Waals surface area contributed by atoms with Crippen molar-refractivity contribution in [2.24, 2.45) is 0 Å². The van der Waals surface area contributed by atoms with Crippen LogP contribution in [-0.2, 0) is 0 Å². The smallest absolute Gasteiger partial charge is 0.272 e. The standard InChI is InChI=1S/C21H22FN3O2/c1-4-21(2,3)25-19(26)13-8-10-14(11-9-13)23-20(27)18-12-15-16(22)6-5-7-17(15)24-18/h5-12,24H,4H2,1-3H3,(H,23,27)(H,25,26). The van der Waals surface area contributed by atoms with Crippen molar-refractivity contribution in [3.63, 3.8) is 0 Å². The Labute approximate surface area is 157 Å². The molecule has 140 valence electrons. The lowest BCUT2D eigenvalue weighted by Crippen LogP contribution is -2.42. The van der Waals surface area contributed by atoms with Gasteiger partial charge < -0.3 is 15.6 Å². The molecule has 5 nitrogen and oxygen atoms in total. The van der Waals surface area contributed by atoms with E-state index in [-0.39, 0.29) is 28.9 Å². The van der Waals surface area contributed by atoms with Crippen molar-refractivity contribution in [3.05, 3.63) is 65.6 Å². The summed E-state index contributed by atoms with van der Waals surface area (Å²) in [6, 6.07) is 12.8. The zero-order valence-corrected chi connectivity index (χ0v) is 15.5. The van der Waals surface area contributed by atoms with Crippen molar-refractivity contribution in [1.82, 2.24) is 10.3 Å². The maximum Gasteiger partial charge on any atom is 0.272 e. The van der Waals surface area contributed by atoms with E-state index in [4.69, 9.17) is 0 Å². The third-order valence-corrected chi connectivity index (χ3v) is 4.60. The lowest BCUT2D eigenvalue weighted by atomic mass is 10.0. The van der Waals surface area contributed by atoms with Crippen LogP contribution in [0.2, 0.25) is 0 Å². The molecular weight excluding hydrogens is 345 g/mol. The molecule has 0 bridgehead atoms. The van der Waals surface area contributed by atoms with Crippen LogP contribution in [0.1, 0.15) is 48.0 Å². The molecule has 0 fully saturated rings. The molecule has 0 aliphatic carbocycles. The number of hydrogen-bond donors (Lipinski definition) is 3. The quantitative estimate of drug-likeness (QED) is 0.622. The van der Waals surface area contributed by atoms with Crippen LogP contribution in [0.25, 0.3) is 10.9 Å². The summed E-state index contributed by atoms with van der Waals surface area (Å²) in [4.78, 5) is 27.6. The van der Waals surface area contributed by atoms with Gasteiger partial charge in [-0.15, -0.1) is 0 Å². The Kier molecular flexibility index (Phi) is 4.99. The highest BCUT2D eigenvalue weighted by atomic mass is 19.1. The van der Waals surface area contributed by atoms with Gasteiger partial charge in [0.2, 0.25) is 0 Å². The Bertz CT molecular complexity index is 990. The molecule has 27 heavy (non-hydrogen) atoms. The van der Waals surface area contributed by atoms with Crippen molar-refractivity contribution in [1.29, 1.82) is 0 Å². The van der Waals surface area contributed by atoms with Gasteiger partial charge in [0.1, 0.15) is 11.5 Å². The SMILES string of the molecule is CCC(C)(C)NC(=O)c1ccc(NC(=O)c2cc3c(F)cccc3[nH]2)cc1. The van der Waals surface area contributed by atoms with Gasteiger partial charge in [0.15, 0.2) is 0 Å². The number of anilines is 1. The second-order valence-corrected chi connectivity index (χ2v) is 7.11. The van der Waals surface area contributed by atoms with E-state index in [0.29, 0.717) is 22.2 Å². The fourth-order valence-corrected chi connectivity index (χ4v) is 2.61. The van der Waals surface area contributed by atoms with Gasteiger partial charge in [0.05, 0.1) is 0 Å². The van der Waals surface area contributed by atoms with Crippen LogP contribution in [0, 0.1) is 5.82 Å². The summed E-state index contributed by atoms with van der Waals surface area (Å²) in [5.74, 6) is -0.922. The number of hydrogen-bond acceptors (Lipinski definition) is 2. The van der Waals surface area contributed by atoms with E-state index >= 15 is 0 Å². The molecule has 0 spiro atoms. The van der Waals surface area contributed by atoms with Gasteiger partial charge in [0, 0.05) is 27.7 Å². The largest absolute Gasteiger partial charge is 0.350 e. The van der Waals surface area contributed by atoms with Gasteiger partial charge in [-0.25, -0.2) is 4.39 Å². The van der Waals surface area contributed by atoms with Crippen molar-refractivity contribution >= 4 is 28.4 Å². The van der Waals surface area contributed by atoms with E-state index in [9.17, 15) is 14.0 Å². The number of H-pyrrole nitrogens is 1. The summed E-state index contributed by atoms with van der Waals surface area (Å²) in [6.07, 6.45) is 0.817. The minimum absolute atomic E-state index is 0.161. The average Bonchev–Trinajstić information content (AvgIpc) is 3.08. The van der Waals surface area contributed by atoms with Gasteiger partial charge in [-0.2, -0.15) is 0 Å². The van der Waals surface area contributed by atoms with Crippen LogP contribution in [-0.4, -0.2) is 22.3 Å². The first-order valence-electron chi connectivity index (χ1n) is 8.80. The van der Waals surface area contributed by atoms with Crippen molar-refractivity contribution in [2.45, 2.75) is 32.7 Å². The summed E-state index contributed by atoms with van der Waals surface area (Å²) in [6.45, 7) is 5.93. The third kappa shape index (κ3) is 4.16. The Morgan fingerprint density at radius 3 is 2.41 bits per heavy atom. The summed E-state index contributed by atoms with van der Waals surface area (Å²) in [7, 11) is 0. The molecule has 1 aromatic heterocycles. The molecule has 3 N–H and O–H groups in total. The number of benzene rings is 2. The van der Waals surface area contributed by atoms with Crippen LogP contribution < -0.4 is 10.6 Å². The Morgan fingerprint density at radius 2 is 1.78 bits per heavy atom. The van der Waals surface area contributed by atoms with Crippen LogP contribution in [0.15, 0.2) is 48.5 Å². The Balaban J connectivity index is 1.71. The lowest BCUT2D eigenvalue weighted by Gasteiger charge is -2.24.